The normalized spacial score (nSPS) is 21.0. The third-order valence-corrected chi connectivity index (χ3v) is 8.41. The lowest BCUT2D eigenvalue weighted by molar-refractivity contribution is 0.218. The highest BCUT2D eigenvalue weighted by Gasteiger charge is 2.45. The van der Waals surface area contributed by atoms with Crippen molar-refractivity contribution >= 4 is 8.32 Å². The van der Waals surface area contributed by atoms with Crippen LogP contribution in [0.1, 0.15) is 33.6 Å². The van der Waals surface area contributed by atoms with Crippen LogP contribution in [0, 0.1) is 5.41 Å². The van der Waals surface area contributed by atoms with Gasteiger partial charge in [0.1, 0.15) is 0 Å². The molecule has 84 valence electrons. The van der Waals surface area contributed by atoms with E-state index in [1.165, 1.54) is 12.8 Å². The van der Waals surface area contributed by atoms with Crippen molar-refractivity contribution in [2.24, 2.45) is 11.1 Å². The van der Waals surface area contributed by atoms with E-state index >= 15 is 0 Å². The molecule has 0 unspecified atom stereocenters. The van der Waals surface area contributed by atoms with Gasteiger partial charge in [0.2, 0.25) is 0 Å². The average molecular weight is 215 g/mol. The van der Waals surface area contributed by atoms with Crippen molar-refractivity contribution in [2.75, 3.05) is 13.2 Å². The Labute approximate surface area is 89.3 Å². The number of nitrogens with two attached hydrogens (primary N) is 1. The Morgan fingerprint density at radius 1 is 1.29 bits per heavy atom. The first-order valence-corrected chi connectivity index (χ1v) is 8.47. The molecule has 0 saturated heterocycles. The van der Waals surface area contributed by atoms with Crippen LogP contribution in [0.4, 0.5) is 0 Å². The summed E-state index contributed by atoms with van der Waals surface area (Å²) in [5.74, 6) is 0. The van der Waals surface area contributed by atoms with Crippen LogP contribution in [0.2, 0.25) is 18.1 Å². The quantitative estimate of drug-likeness (QED) is 0.732. The monoisotopic (exact) mass is 215 g/mol. The molecule has 0 aromatic rings. The predicted octanol–water partition coefficient (Wildman–Crippen LogP) is 2.75. The molecule has 0 spiro atoms. The number of hydrogen-bond acceptors (Lipinski definition) is 2. The molecule has 1 aliphatic rings. The Bertz CT molecular complexity index is 204. The molecule has 14 heavy (non-hydrogen) atoms. The molecule has 0 aromatic heterocycles. The van der Waals surface area contributed by atoms with E-state index in [0.29, 0.717) is 10.5 Å². The zero-order chi connectivity index (χ0) is 11.0. The van der Waals surface area contributed by atoms with Crippen LogP contribution in [-0.4, -0.2) is 21.5 Å². The zero-order valence-electron chi connectivity index (χ0n) is 10.3. The molecular formula is C11H25NOSi. The van der Waals surface area contributed by atoms with Crippen LogP contribution in [-0.2, 0) is 4.43 Å². The minimum Gasteiger partial charge on any atom is -0.416 e. The lowest BCUT2D eigenvalue weighted by Gasteiger charge is -2.37. The Morgan fingerprint density at radius 3 is 2.07 bits per heavy atom. The fourth-order valence-electron chi connectivity index (χ4n) is 1.13. The molecule has 0 bridgehead atoms. The van der Waals surface area contributed by atoms with Gasteiger partial charge in [-0.1, -0.05) is 20.8 Å². The zero-order valence-corrected chi connectivity index (χ0v) is 11.3. The van der Waals surface area contributed by atoms with Crippen molar-refractivity contribution in [3.05, 3.63) is 0 Å². The van der Waals surface area contributed by atoms with Gasteiger partial charge in [-0.05, 0) is 31.0 Å². The van der Waals surface area contributed by atoms with E-state index in [-0.39, 0.29) is 0 Å². The van der Waals surface area contributed by atoms with Crippen molar-refractivity contribution in [3.8, 4) is 0 Å². The second kappa shape index (κ2) is 3.61. The molecule has 2 N–H and O–H groups in total. The third kappa shape index (κ3) is 2.58. The highest BCUT2D eigenvalue weighted by molar-refractivity contribution is 6.74. The van der Waals surface area contributed by atoms with Gasteiger partial charge in [0, 0.05) is 18.6 Å². The molecule has 0 radical (unpaired) electrons. The standard InChI is InChI=1S/C11H25NOSi/c1-10(2,3)14(4,5)13-9-11(8-12)6-7-11/h6-9,12H2,1-5H3. The van der Waals surface area contributed by atoms with Crippen molar-refractivity contribution in [1.82, 2.24) is 0 Å². The SMILES string of the molecule is CC(C)(C)[Si](C)(C)OCC1(CN)CC1. The molecule has 1 fully saturated rings. The fourth-order valence-corrected chi connectivity index (χ4v) is 2.23. The first kappa shape index (κ1) is 12.2. The van der Waals surface area contributed by atoms with E-state index in [4.69, 9.17) is 10.2 Å². The molecule has 0 aliphatic heterocycles. The van der Waals surface area contributed by atoms with Gasteiger partial charge in [-0.15, -0.1) is 0 Å². The maximum atomic E-state index is 6.17. The molecule has 1 rings (SSSR count). The molecule has 3 heteroatoms. The Hall–Kier alpha value is 0.137. The fraction of sp³-hybridized carbons (Fsp3) is 1.00. The summed E-state index contributed by atoms with van der Waals surface area (Å²) in [6, 6.07) is 0. The van der Waals surface area contributed by atoms with Crippen LogP contribution in [0.25, 0.3) is 0 Å². The van der Waals surface area contributed by atoms with E-state index in [9.17, 15) is 0 Å². The summed E-state index contributed by atoms with van der Waals surface area (Å²) < 4.78 is 6.17. The number of hydrogen-bond donors (Lipinski definition) is 1. The lowest BCUT2D eigenvalue weighted by Crippen LogP contribution is -2.42. The van der Waals surface area contributed by atoms with Gasteiger partial charge in [-0.3, -0.25) is 0 Å². The summed E-state index contributed by atoms with van der Waals surface area (Å²) >= 11 is 0. The maximum Gasteiger partial charge on any atom is 0.192 e. The lowest BCUT2D eigenvalue weighted by atomic mass is 10.1. The molecule has 0 amide bonds. The van der Waals surface area contributed by atoms with Crippen molar-refractivity contribution < 1.29 is 4.43 Å². The second-order valence-electron chi connectivity index (χ2n) is 6.25. The van der Waals surface area contributed by atoms with Crippen molar-refractivity contribution in [1.29, 1.82) is 0 Å². The van der Waals surface area contributed by atoms with Crippen LogP contribution in [0.5, 0.6) is 0 Å². The van der Waals surface area contributed by atoms with Gasteiger partial charge in [0.15, 0.2) is 8.32 Å². The van der Waals surface area contributed by atoms with Crippen molar-refractivity contribution in [3.63, 3.8) is 0 Å². The van der Waals surface area contributed by atoms with E-state index < -0.39 is 8.32 Å². The highest BCUT2D eigenvalue weighted by Crippen LogP contribution is 2.46. The molecule has 2 nitrogen and oxygen atoms in total. The largest absolute Gasteiger partial charge is 0.416 e. The molecule has 0 aromatic carbocycles. The summed E-state index contributed by atoms with van der Waals surface area (Å²) in [6.07, 6.45) is 2.52. The van der Waals surface area contributed by atoms with E-state index in [2.05, 4.69) is 33.9 Å². The van der Waals surface area contributed by atoms with E-state index in [1.807, 2.05) is 0 Å². The average Bonchev–Trinajstić information content (AvgIpc) is 2.80. The summed E-state index contributed by atoms with van der Waals surface area (Å²) in [5, 5.41) is 0.317. The first-order valence-electron chi connectivity index (χ1n) is 5.57. The topological polar surface area (TPSA) is 35.2 Å². The van der Waals surface area contributed by atoms with Crippen LogP contribution in [0.15, 0.2) is 0 Å². The van der Waals surface area contributed by atoms with Gasteiger partial charge in [-0.2, -0.15) is 0 Å². The number of rotatable bonds is 4. The molecular weight excluding hydrogens is 190 g/mol. The molecule has 0 heterocycles. The molecule has 1 saturated carbocycles. The summed E-state index contributed by atoms with van der Waals surface area (Å²) in [7, 11) is -1.55. The Balaban J connectivity index is 2.44. The summed E-state index contributed by atoms with van der Waals surface area (Å²) in [4.78, 5) is 0. The molecule has 1 aliphatic carbocycles. The van der Waals surface area contributed by atoms with Crippen LogP contribution < -0.4 is 5.73 Å². The highest BCUT2D eigenvalue weighted by atomic mass is 28.4. The first-order chi connectivity index (χ1) is 6.22. The summed E-state index contributed by atoms with van der Waals surface area (Å²) in [5.41, 5.74) is 6.10. The Kier molecular flexibility index (Phi) is 3.15. The van der Waals surface area contributed by atoms with Crippen LogP contribution in [0.3, 0.4) is 0 Å². The van der Waals surface area contributed by atoms with Gasteiger partial charge in [0.05, 0.1) is 0 Å². The second-order valence-corrected chi connectivity index (χ2v) is 11.1. The van der Waals surface area contributed by atoms with Crippen LogP contribution >= 0.6 is 0 Å². The third-order valence-electron chi connectivity index (χ3n) is 3.94. The smallest absolute Gasteiger partial charge is 0.192 e. The maximum absolute atomic E-state index is 6.17. The van der Waals surface area contributed by atoms with Gasteiger partial charge in [-0.25, -0.2) is 0 Å². The van der Waals surface area contributed by atoms with E-state index in [1.54, 1.807) is 0 Å². The van der Waals surface area contributed by atoms with Gasteiger partial charge < -0.3 is 10.2 Å². The minimum absolute atomic E-state index is 0.317. The molecule has 0 atom stereocenters. The Morgan fingerprint density at radius 2 is 1.79 bits per heavy atom. The summed E-state index contributed by atoms with van der Waals surface area (Å²) in [6.45, 7) is 13.1. The van der Waals surface area contributed by atoms with Gasteiger partial charge in [0.25, 0.3) is 0 Å². The predicted molar refractivity (Wildman–Crippen MR) is 63.9 cm³/mol. The van der Waals surface area contributed by atoms with Crippen molar-refractivity contribution in [2.45, 2.75) is 51.7 Å². The van der Waals surface area contributed by atoms with E-state index in [0.717, 1.165) is 13.2 Å². The minimum atomic E-state index is -1.55. The van der Waals surface area contributed by atoms with Gasteiger partial charge >= 0.3 is 0 Å².